The predicted molar refractivity (Wildman–Crippen MR) is 189 cm³/mol. The van der Waals surface area contributed by atoms with Gasteiger partial charge in [-0.2, -0.15) is 0 Å². The molecule has 0 saturated carbocycles. The Morgan fingerprint density at radius 2 is 0.800 bits per heavy atom. The van der Waals surface area contributed by atoms with Crippen molar-refractivity contribution in [2.45, 2.75) is 66.2 Å². The Morgan fingerprint density at radius 1 is 0.480 bits per heavy atom. The van der Waals surface area contributed by atoms with E-state index < -0.39 is 23.9 Å². The third-order valence-electron chi connectivity index (χ3n) is 9.55. The van der Waals surface area contributed by atoms with E-state index in [1.165, 1.54) is 28.4 Å². The van der Waals surface area contributed by atoms with Gasteiger partial charge in [-0.1, -0.05) is 0 Å². The van der Waals surface area contributed by atoms with Crippen LogP contribution >= 0.6 is 0 Å². The standard InChI is InChI=1S/C38H42N4O8/c1-19-21(3)29-16-33-25(13-37(45)49-7)23(9-11-35(43)47-5)31(41-33)18-32-24(10-12-36(44)48-6)26(14-38(46)50-8)34(42-32)17-30-22(4)20(2)28(40-30)15-27(19)39-29/h15-18,41-42H,9-14H2,1-8H3. The maximum atomic E-state index is 12.8. The summed E-state index contributed by atoms with van der Waals surface area (Å²) >= 11 is 0. The van der Waals surface area contributed by atoms with Crippen LogP contribution in [0.4, 0.5) is 0 Å². The van der Waals surface area contributed by atoms with Gasteiger partial charge in [0.15, 0.2) is 0 Å². The molecule has 0 unspecified atom stereocenters. The SMILES string of the molecule is COC(=O)CCc1c(CC(=O)OC)c2cc3nc(cc4nc(cc5[nH]c(cc1[nH]2)c(CCC(=O)OC)c5CC(=O)OC)C(C)=C4C)C(C)=C3C. The second-order valence-corrected chi connectivity index (χ2v) is 12.3. The van der Waals surface area contributed by atoms with Crippen molar-refractivity contribution in [1.82, 2.24) is 19.9 Å². The summed E-state index contributed by atoms with van der Waals surface area (Å²) in [6, 6.07) is 7.64. The van der Waals surface area contributed by atoms with Gasteiger partial charge in [0.1, 0.15) is 0 Å². The zero-order valence-corrected chi connectivity index (χ0v) is 29.7. The Hall–Kier alpha value is -5.52. The van der Waals surface area contributed by atoms with Crippen molar-refractivity contribution < 1.29 is 38.1 Å². The molecule has 8 bridgehead atoms. The molecule has 262 valence electrons. The van der Waals surface area contributed by atoms with Gasteiger partial charge in [0.2, 0.25) is 0 Å². The van der Waals surface area contributed by atoms with Crippen molar-refractivity contribution in [2.24, 2.45) is 0 Å². The number of ether oxygens (including phenoxy) is 4. The summed E-state index contributed by atoms with van der Waals surface area (Å²) in [6.45, 7) is 8.02. The molecule has 2 aliphatic rings. The lowest BCUT2D eigenvalue weighted by Crippen LogP contribution is -2.08. The van der Waals surface area contributed by atoms with Gasteiger partial charge in [0.25, 0.3) is 0 Å². The van der Waals surface area contributed by atoms with Crippen LogP contribution in [0.15, 0.2) is 24.3 Å². The van der Waals surface area contributed by atoms with Gasteiger partial charge in [-0.25, -0.2) is 9.97 Å². The van der Waals surface area contributed by atoms with E-state index in [0.717, 1.165) is 33.7 Å². The number of fused-ring (bicyclic) bond motifs is 8. The largest absolute Gasteiger partial charge is 0.469 e. The molecule has 5 heterocycles. The minimum absolute atomic E-state index is 0.0601. The van der Waals surface area contributed by atoms with Crippen molar-refractivity contribution in [1.29, 1.82) is 0 Å². The van der Waals surface area contributed by atoms with Crippen LogP contribution in [0.3, 0.4) is 0 Å². The monoisotopic (exact) mass is 682 g/mol. The second kappa shape index (κ2) is 14.9. The molecule has 2 aliphatic heterocycles. The average Bonchev–Trinajstić information content (AvgIpc) is 3.77. The van der Waals surface area contributed by atoms with Crippen LogP contribution in [0, 0.1) is 0 Å². The van der Waals surface area contributed by atoms with Gasteiger partial charge in [-0.3, -0.25) is 19.2 Å². The van der Waals surface area contributed by atoms with Gasteiger partial charge in [-0.05, 0) is 109 Å². The zero-order chi connectivity index (χ0) is 36.3. The molecule has 50 heavy (non-hydrogen) atoms. The lowest BCUT2D eigenvalue weighted by atomic mass is 10.00. The number of H-pyrrole nitrogens is 2. The first-order valence-electron chi connectivity index (χ1n) is 16.3. The van der Waals surface area contributed by atoms with E-state index in [4.69, 9.17) is 28.9 Å². The lowest BCUT2D eigenvalue weighted by Gasteiger charge is -2.06. The van der Waals surface area contributed by atoms with E-state index in [1.807, 2.05) is 52.0 Å². The number of nitrogens with zero attached hydrogens (tertiary/aromatic N) is 2. The summed E-state index contributed by atoms with van der Waals surface area (Å²) in [5.41, 5.74) is 12.1. The Labute approximate surface area is 289 Å². The molecule has 12 heteroatoms. The molecule has 0 saturated heterocycles. The van der Waals surface area contributed by atoms with Crippen LogP contribution in [0.1, 0.15) is 85.6 Å². The Morgan fingerprint density at radius 3 is 1.14 bits per heavy atom. The molecule has 2 N–H and O–H groups in total. The number of carbonyl (C=O) groups excluding carboxylic acids is 4. The topological polar surface area (TPSA) is 163 Å². The Kier molecular flexibility index (Phi) is 10.7. The third kappa shape index (κ3) is 7.24. The Balaban J connectivity index is 1.98. The zero-order valence-electron chi connectivity index (χ0n) is 29.7. The van der Waals surface area contributed by atoms with Gasteiger partial charge in [0, 0.05) is 34.9 Å². The first-order valence-corrected chi connectivity index (χ1v) is 16.3. The van der Waals surface area contributed by atoms with E-state index in [1.54, 1.807) is 0 Å². The summed E-state index contributed by atoms with van der Waals surface area (Å²) in [4.78, 5) is 67.3. The van der Waals surface area contributed by atoms with E-state index in [9.17, 15) is 19.2 Å². The average molecular weight is 683 g/mol. The molecule has 0 fully saturated rings. The van der Waals surface area contributed by atoms with Crippen molar-refractivity contribution in [3.05, 3.63) is 69.3 Å². The highest BCUT2D eigenvalue weighted by Crippen LogP contribution is 2.35. The molecule has 3 aromatic rings. The fourth-order valence-electron chi connectivity index (χ4n) is 6.27. The van der Waals surface area contributed by atoms with Crippen molar-refractivity contribution in [2.75, 3.05) is 28.4 Å². The van der Waals surface area contributed by atoms with Gasteiger partial charge in [0.05, 0.1) is 64.1 Å². The molecule has 0 aromatic carbocycles. The predicted octanol–water partition coefficient (Wildman–Crippen LogP) is 5.86. The molecule has 12 nitrogen and oxygen atoms in total. The van der Waals surface area contributed by atoms with Crippen molar-refractivity contribution in [3.8, 4) is 0 Å². The molecule has 5 rings (SSSR count). The number of aromatic nitrogens is 4. The molecular weight excluding hydrogens is 640 g/mol. The fourth-order valence-corrected chi connectivity index (χ4v) is 6.27. The molecule has 0 spiro atoms. The highest BCUT2D eigenvalue weighted by molar-refractivity contribution is 5.95. The first kappa shape index (κ1) is 35.8. The van der Waals surface area contributed by atoms with E-state index in [2.05, 4.69) is 9.97 Å². The van der Waals surface area contributed by atoms with E-state index in [-0.39, 0.29) is 38.5 Å². The highest BCUT2D eigenvalue weighted by atomic mass is 16.5. The highest BCUT2D eigenvalue weighted by Gasteiger charge is 2.22. The van der Waals surface area contributed by atoms with Gasteiger partial charge < -0.3 is 28.9 Å². The molecule has 0 radical (unpaired) electrons. The van der Waals surface area contributed by atoms with Crippen molar-refractivity contribution >= 4 is 68.2 Å². The number of hydrogen-bond donors (Lipinski definition) is 2. The smallest absolute Gasteiger partial charge is 0.310 e. The third-order valence-corrected chi connectivity index (χ3v) is 9.55. The quantitative estimate of drug-likeness (QED) is 0.196. The van der Waals surface area contributed by atoms with Gasteiger partial charge in [-0.15, -0.1) is 0 Å². The number of aromatic amines is 2. The van der Waals surface area contributed by atoms with Crippen LogP contribution in [0.25, 0.3) is 44.4 Å². The second-order valence-electron chi connectivity index (χ2n) is 12.3. The molecule has 3 aromatic heterocycles. The van der Waals surface area contributed by atoms with E-state index >= 15 is 0 Å². The molecule has 0 aliphatic carbocycles. The molecule has 0 amide bonds. The summed E-state index contributed by atoms with van der Waals surface area (Å²) < 4.78 is 20.1. The summed E-state index contributed by atoms with van der Waals surface area (Å²) in [5.74, 6) is -1.71. The first-order chi connectivity index (χ1) is 23.9. The number of allylic oxidation sites excluding steroid dienone is 4. The van der Waals surface area contributed by atoms with Crippen LogP contribution in [0.5, 0.6) is 0 Å². The van der Waals surface area contributed by atoms with Crippen LogP contribution in [-0.2, 0) is 63.8 Å². The number of esters is 4. The van der Waals surface area contributed by atoms with Crippen LogP contribution in [-0.4, -0.2) is 72.3 Å². The van der Waals surface area contributed by atoms with Gasteiger partial charge >= 0.3 is 23.9 Å². The number of carbonyl (C=O) groups is 4. The molecule has 0 atom stereocenters. The number of nitrogens with one attached hydrogen (secondary N) is 2. The Bertz CT molecular complexity index is 1990. The summed E-state index contributed by atoms with van der Waals surface area (Å²) in [5, 5.41) is 0. The summed E-state index contributed by atoms with van der Waals surface area (Å²) in [7, 11) is 5.32. The maximum Gasteiger partial charge on any atom is 0.310 e. The number of hydrogen-bond acceptors (Lipinski definition) is 10. The van der Waals surface area contributed by atoms with E-state index in [0.29, 0.717) is 55.7 Å². The minimum Gasteiger partial charge on any atom is -0.469 e. The fraction of sp³-hybridized carbons (Fsp3) is 0.368. The normalized spacial score (nSPS) is 12.6. The van der Waals surface area contributed by atoms with Crippen LogP contribution < -0.4 is 0 Å². The van der Waals surface area contributed by atoms with Crippen molar-refractivity contribution in [3.63, 3.8) is 0 Å². The number of aryl methyl sites for hydroxylation is 2. The number of methoxy groups -OCH3 is 4. The summed E-state index contributed by atoms with van der Waals surface area (Å²) in [6.07, 6.45) is 0.503. The molecular formula is C38H42N4O8. The number of rotatable bonds is 10. The maximum absolute atomic E-state index is 12.8. The van der Waals surface area contributed by atoms with Crippen LogP contribution in [0.2, 0.25) is 0 Å². The lowest BCUT2D eigenvalue weighted by molar-refractivity contribution is -0.141. The minimum atomic E-state index is -0.451.